The predicted octanol–water partition coefficient (Wildman–Crippen LogP) is 3.31. The summed E-state index contributed by atoms with van der Waals surface area (Å²) in [4.78, 5) is 0. The predicted molar refractivity (Wildman–Crippen MR) is 64.8 cm³/mol. The van der Waals surface area contributed by atoms with Gasteiger partial charge in [0, 0.05) is 23.4 Å². The van der Waals surface area contributed by atoms with Crippen molar-refractivity contribution in [2.75, 3.05) is 0 Å². The van der Waals surface area contributed by atoms with E-state index in [9.17, 15) is 19.0 Å². The van der Waals surface area contributed by atoms with Crippen molar-refractivity contribution in [2.24, 2.45) is 0 Å². The second kappa shape index (κ2) is 4.76. The van der Waals surface area contributed by atoms with Gasteiger partial charge in [-0.15, -0.1) is 0 Å². The van der Waals surface area contributed by atoms with E-state index in [1.807, 2.05) is 0 Å². The molecule has 1 aromatic rings. The zero-order valence-electron chi connectivity index (χ0n) is 9.74. The topological polar surface area (TPSA) is 40.5 Å². The molecule has 1 saturated carbocycles. The van der Waals surface area contributed by atoms with Gasteiger partial charge < -0.3 is 10.2 Å². The van der Waals surface area contributed by atoms with Crippen LogP contribution in [0.3, 0.4) is 0 Å². The van der Waals surface area contributed by atoms with Crippen molar-refractivity contribution in [1.82, 2.24) is 0 Å². The molecule has 0 heterocycles. The van der Waals surface area contributed by atoms with E-state index in [-0.39, 0.29) is 12.8 Å². The van der Waals surface area contributed by atoms with E-state index in [0.717, 1.165) is 0 Å². The number of aliphatic hydroxyl groups excluding tert-OH is 1. The Labute approximate surface area is 109 Å². The van der Waals surface area contributed by atoms with Crippen LogP contribution in [0.15, 0.2) is 24.3 Å². The largest absolute Gasteiger partial charge is 0.387 e. The third-order valence-corrected chi connectivity index (χ3v) is 3.90. The smallest absolute Gasteiger partial charge is 0.248 e. The molecule has 0 aromatic heterocycles. The first-order valence-electron chi connectivity index (χ1n) is 5.87. The van der Waals surface area contributed by atoms with Gasteiger partial charge in [0.15, 0.2) is 0 Å². The number of hydrogen-bond acceptors (Lipinski definition) is 2. The van der Waals surface area contributed by atoms with Crippen molar-refractivity contribution in [1.29, 1.82) is 0 Å². The fraction of sp³-hybridized carbons (Fsp3) is 0.538. The number of rotatable bonds is 2. The summed E-state index contributed by atoms with van der Waals surface area (Å²) in [6, 6.07) is 6.58. The number of aliphatic hydroxyl groups is 2. The molecule has 0 amide bonds. The Bertz CT molecular complexity index is 427. The number of halogens is 3. The molecule has 1 aromatic carbocycles. The zero-order valence-corrected chi connectivity index (χ0v) is 10.5. The summed E-state index contributed by atoms with van der Waals surface area (Å²) >= 11 is 5.94. The molecule has 2 nitrogen and oxygen atoms in total. The molecule has 0 aliphatic heterocycles. The van der Waals surface area contributed by atoms with Gasteiger partial charge >= 0.3 is 0 Å². The lowest BCUT2D eigenvalue weighted by molar-refractivity contribution is -0.150. The van der Waals surface area contributed by atoms with Crippen LogP contribution in [0.25, 0.3) is 0 Å². The summed E-state index contributed by atoms with van der Waals surface area (Å²) in [5, 5.41) is 20.8. The van der Waals surface area contributed by atoms with E-state index in [2.05, 4.69) is 0 Å². The average Bonchev–Trinajstić information content (AvgIpc) is 2.33. The number of hydrogen-bond donors (Lipinski definition) is 2. The third-order valence-electron chi connectivity index (χ3n) is 3.56. The Kier molecular flexibility index (Phi) is 3.63. The molecule has 5 heteroatoms. The lowest BCUT2D eigenvalue weighted by Gasteiger charge is -2.39. The van der Waals surface area contributed by atoms with Crippen LogP contribution < -0.4 is 0 Å². The van der Waals surface area contributed by atoms with Crippen molar-refractivity contribution in [3.63, 3.8) is 0 Å². The first-order chi connectivity index (χ1) is 8.34. The van der Waals surface area contributed by atoms with Gasteiger partial charge in [-0.05, 0) is 18.9 Å². The van der Waals surface area contributed by atoms with Gasteiger partial charge in [-0.25, -0.2) is 8.78 Å². The van der Waals surface area contributed by atoms with Gasteiger partial charge in [-0.1, -0.05) is 29.8 Å². The molecule has 100 valence electrons. The van der Waals surface area contributed by atoms with Crippen LogP contribution in [0.4, 0.5) is 8.78 Å². The first-order valence-corrected chi connectivity index (χ1v) is 6.25. The van der Waals surface area contributed by atoms with E-state index in [1.165, 1.54) is 0 Å². The number of alkyl halides is 2. The van der Waals surface area contributed by atoms with Crippen LogP contribution in [0.2, 0.25) is 5.02 Å². The first kappa shape index (κ1) is 13.7. The third kappa shape index (κ3) is 2.66. The monoisotopic (exact) mass is 276 g/mol. The van der Waals surface area contributed by atoms with Crippen LogP contribution in [0, 0.1) is 0 Å². The van der Waals surface area contributed by atoms with Gasteiger partial charge in [0.1, 0.15) is 6.10 Å². The van der Waals surface area contributed by atoms with Gasteiger partial charge in [-0.3, -0.25) is 0 Å². The Hall–Kier alpha value is -0.710. The summed E-state index contributed by atoms with van der Waals surface area (Å²) in [6.45, 7) is 0. The van der Waals surface area contributed by atoms with E-state index in [0.29, 0.717) is 10.6 Å². The minimum atomic E-state index is -2.74. The Balaban J connectivity index is 2.19. The Morgan fingerprint density at radius 2 is 1.67 bits per heavy atom. The van der Waals surface area contributed by atoms with Crippen LogP contribution in [-0.4, -0.2) is 21.7 Å². The minimum Gasteiger partial charge on any atom is -0.387 e. The molecule has 1 unspecified atom stereocenters. The summed E-state index contributed by atoms with van der Waals surface area (Å²) in [5.74, 6) is -2.74. The van der Waals surface area contributed by atoms with Crippen molar-refractivity contribution in [3.8, 4) is 0 Å². The molecule has 2 N–H and O–H groups in total. The summed E-state index contributed by atoms with van der Waals surface area (Å²) in [7, 11) is 0. The zero-order chi connectivity index (χ0) is 13.4. The molecule has 1 aliphatic rings. The minimum absolute atomic E-state index is 0.133. The van der Waals surface area contributed by atoms with Crippen LogP contribution >= 0.6 is 11.6 Å². The lowest BCUT2D eigenvalue weighted by atomic mass is 9.77. The lowest BCUT2D eigenvalue weighted by Crippen LogP contribution is -2.43. The highest BCUT2D eigenvalue weighted by molar-refractivity contribution is 6.31. The second-order valence-electron chi connectivity index (χ2n) is 4.88. The molecule has 0 bridgehead atoms. The summed E-state index contributed by atoms with van der Waals surface area (Å²) < 4.78 is 26.1. The van der Waals surface area contributed by atoms with E-state index in [1.54, 1.807) is 24.3 Å². The molecule has 1 aliphatic carbocycles. The summed E-state index contributed by atoms with van der Waals surface area (Å²) in [5.41, 5.74) is -1.14. The SMILES string of the molecule is OC(c1ccccc1Cl)C1(O)CCC(F)(F)CC1. The van der Waals surface area contributed by atoms with Crippen LogP contribution in [-0.2, 0) is 0 Å². The molecule has 18 heavy (non-hydrogen) atoms. The van der Waals surface area contributed by atoms with Gasteiger partial charge in [0.25, 0.3) is 0 Å². The van der Waals surface area contributed by atoms with E-state index >= 15 is 0 Å². The maximum Gasteiger partial charge on any atom is 0.248 e. The molecule has 1 atom stereocenters. The molecule has 1 fully saturated rings. The van der Waals surface area contributed by atoms with Crippen molar-refractivity contribution in [3.05, 3.63) is 34.9 Å². The van der Waals surface area contributed by atoms with Crippen LogP contribution in [0.5, 0.6) is 0 Å². The molecular formula is C13H15ClF2O2. The Morgan fingerprint density at radius 1 is 1.11 bits per heavy atom. The van der Waals surface area contributed by atoms with Gasteiger partial charge in [0.05, 0.1) is 5.60 Å². The molecule has 0 radical (unpaired) electrons. The highest BCUT2D eigenvalue weighted by Gasteiger charge is 2.46. The normalized spacial score (nSPS) is 23.6. The van der Waals surface area contributed by atoms with Crippen LogP contribution in [0.1, 0.15) is 37.4 Å². The highest BCUT2D eigenvalue weighted by Crippen LogP contribution is 2.45. The van der Waals surface area contributed by atoms with Crippen molar-refractivity contribution < 1.29 is 19.0 Å². The second-order valence-corrected chi connectivity index (χ2v) is 5.29. The van der Waals surface area contributed by atoms with Gasteiger partial charge in [-0.2, -0.15) is 0 Å². The van der Waals surface area contributed by atoms with Crippen molar-refractivity contribution >= 4 is 11.6 Å². The standard InChI is InChI=1S/C13H15ClF2O2/c14-10-4-2-1-3-9(10)11(17)12(18)5-7-13(15,16)8-6-12/h1-4,11,17-18H,5-8H2. The van der Waals surface area contributed by atoms with E-state index < -0.39 is 30.5 Å². The summed E-state index contributed by atoms with van der Waals surface area (Å²) in [6.07, 6.45) is -2.32. The van der Waals surface area contributed by atoms with E-state index in [4.69, 9.17) is 11.6 Å². The van der Waals surface area contributed by atoms with Crippen molar-refractivity contribution in [2.45, 2.75) is 43.3 Å². The fourth-order valence-electron chi connectivity index (χ4n) is 2.31. The Morgan fingerprint density at radius 3 is 2.22 bits per heavy atom. The molecular weight excluding hydrogens is 262 g/mol. The molecule has 2 rings (SSSR count). The number of benzene rings is 1. The fourth-order valence-corrected chi connectivity index (χ4v) is 2.55. The maximum atomic E-state index is 13.1. The average molecular weight is 277 g/mol. The maximum absolute atomic E-state index is 13.1. The molecule has 0 spiro atoms. The molecule has 0 saturated heterocycles. The van der Waals surface area contributed by atoms with Gasteiger partial charge in [0.2, 0.25) is 5.92 Å². The quantitative estimate of drug-likeness (QED) is 0.870. The highest BCUT2D eigenvalue weighted by atomic mass is 35.5.